The molecule has 0 fully saturated rings. The van der Waals surface area contributed by atoms with E-state index < -0.39 is 66.3 Å². The van der Waals surface area contributed by atoms with E-state index in [1.165, 1.54) is 35.5 Å². The summed E-state index contributed by atoms with van der Waals surface area (Å²) in [7, 11) is -4.39. The van der Waals surface area contributed by atoms with Crippen LogP contribution in [0.15, 0.2) is 125 Å². The fourth-order valence-electron chi connectivity index (χ4n) is 8.65. The summed E-state index contributed by atoms with van der Waals surface area (Å²) in [6.07, 6.45) is 2.27. The van der Waals surface area contributed by atoms with Gasteiger partial charge < -0.3 is 28.9 Å². The van der Waals surface area contributed by atoms with Gasteiger partial charge in [-0.25, -0.2) is 35.2 Å². The highest BCUT2D eigenvalue weighted by atomic mass is 32.2. The highest BCUT2D eigenvalue weighted by molar-refractivity contribution is 7.90. The Hall–Kier alpha value is -7.18. The van der Waals surface area contributed by atoms with Crippen molar-refractivity contribution in [3.63, 3.8) is 0 Å². The maximum absolute atomic E-state index is 16.0. The lowest BCUT2D eigenvalue weighted by Gasteiger charge is -2.21. The molecule has 354 valence electrons. The summed E-state index contributed by atoms with van der Waals surface area (Å²) >= 11 is 0. The van der Waals surface area contributed by atoms with Crippen LogP contribution < -0.4 is 30.3 Å². The molecule has 68 heavy (non-hydrogen) atoms. The second-order valence-electron chi connectivity index (χ2n) is 16.4. The van der Waals surface area contributed by atoms with Crippen LogP contribution in [0.2, 0.25) is 0 Å². The number of nitrogens with zero attached hydrogens (tertiary/aromatic N) is 2. The molecule has 0 unspecified atom stereocenters. The fraction of sp³-hybridized carbons (Fsp3) is 0.240. The van der Waals surface area contributed by atoms with Gasteiger partial charge in [0.15, 0.2) is 23.0 Å². The van der Waals surface area contributed by atoms with Crippen molar-refractivity contribution >= 4 is 41.7 Å². The number of sulfone groups is 2. The molecule has 2 N–H and O–H groups in total. The van der Waals surface area contributed by atoms with Gasteiger partial charge in [0.2, 0.25) is 0 Å². The van der Waals surface area contributed by atoms with Gasteiger partial charge in [0.05, 0.1) is 73.1 Å². The first-order valence-corrected chi connectivity index (χ1v) is 25.6. The van der Waals surface area contributed by atoms with Gasteiger partial charge in [-0.05, 0) is 77.7 Å². The first kappa shape index (κ1) is 47.3. The smallest absolute Gasteiger partial charge is 0.327 e. The number of fused-ring (bicyclic) bond motifs is 2. The summed E-state index contributed by atoms with van der Waals surface area (Å²) in [5, 5.41) is 0. The van der Waals surface area contributed by atoms with Crippen molar-refractivity contribution in [2.75, 3.05) is 51.5 Å². The molecule has 2 heterocycles. The van der Waals surface area contributed by atoms with Gasteiger partial charge in [-0.1, -0.05) is 66.7 Å². The van der Waals surface area contributed by atoms with Crippen LogP contribution in [-0.2, 0) is 26.1 Å². The predicted octanol–water partition coefficient (Wildman–Crippen LogP) is 7.89. The van der Waals surface area contributed by atoms with E-state index in [1.54, 1.807) is 110 Å². The van der Waals surface area contributed by atoms with Crippen LogP contribution in [0.4, 0.5) is 8.78 Å². The van der Waals surface area contributed by atoms with Crippen LogP contribution in [-0.4, -0.2) is 87.4 Å². The molecule has 0 saturated carbocycles. The van der Waals surface area contributed by atoms with Gasteiger partial charge in [0.25, 0.3) is 0 Å². The molecule has 2 atom stereocenters. The highest BCUT2D eigenvalue weighted by Gasteiger charge is 2.28. The molecule has 6 aromatic carbocycles. The fourth-order valence-corrected chi connectivity index (χ4v) is 10.5. The monoisotopic (exact) mass is 966 g/mol. The third kappa shape index (κ3) is 9.78. The Labute approximate surface area is 390 Å². The molecule has 8 aromatic rings. The van der Waals surface area contributed by atoms with Crippen LogP contribution in [0.5, 0.6) is 23.0 Å². The van der Waals surface area contributed by atoms with Crippen LogP contribution >= 0.6 is 0 Å². The molecule has 0 aliphatic heterocycles. The standard InChI is InChI=1S/C50H48F2N4O10S2/c1-6-65-45-26-32(19-21-43(45)63-2)41(28-67(4,59)60)55-39-15-9-12-34(47(39)53-49(55)57)31-18-17-30(38(52)25-31)23-24-66-46-27-33(20-22-44(46)64-3)42(29-68(5,61)62)56-40-16-10-13-36(48(40)54-50(56)58)35-11-7-8-14-37(35)51/h7-22,25-27,41-42H,6,23-24,28-29H2,1-5H3,(H,53,57)(H,54,58)/t41-,42-/m1/s1. The zero-order valence-electron chi connectivity index (χ0n) is 37.7. The van der Waals surface area contributed by atoms with Crippen molar-refractivity contribution in [3.05, 3.63) is 165 Å². The van der Waals surface area contributed by atoms with E-state index in [1.807, 2.05) is 0 Å². The number of hydrogen-bond donors (Lipinski definition) is 2. The van der Waals surface area contributed by atoms with Crippen LogP contribution in [0.25, 0.3) is 44.3 Å². The lowest BCUT2D eigenvalue weighted by molar-refractivity contribution is 0.295. The lowest BCUT2D eigenvalue weighted by Crippen LogP contribution is -2.28. The van der Waals surface area contributed by atoms with Gasteiger partial charge >= 0.3 is 11.4 Å². The molecule has 2 aromatic heterocycles. The molecule has 8 rings (SSSR count). The molecular formula is C50H48F2N4O10S2. The Balaban J connectivity index is 1.07. The van der Waals surface area contributed by atoms with E-state index in [0.29, 0.717) is 79.3 Å². The van der Waals surface area contributed by atoms with Crippen molar-refractivity contribution in [1.29, 1.82) is 0 Å². The van der Waals surface area contributed by atoms with E-state index in [2.05, 4.69) is 9.97 Å². The Morgan fingerprint density at radius 2 is 1.09 bits per heavy atom. The number of imidazole rings is 2. The molecule has 0 amide bonds. The normalized spacial score (nSPS) is 12.9. The number of aromatic amines is 2. The molecule has 14 nitrogen and oxygen atoms in total. The summed E-state index contributed by atoms with van der Waals surface area (Å²) in [4.78, 5) is 33.2. The van der Waals surface area contributed by atoms with E-state index in [0.717, 1.165) is 12.5 Å². The number of H-pyrrole nitrogens is 2. The van der Waals surface area contributed by atoms with Gasteiger partial charge in [-0.3, -0.25) is 9.13 Å². The minimum Gasteiger partial charge on any atom is -0.493 e. The van der Waals surface area contributed by atoms with Gasteiger partial charge in [0, 0.05) is 35.6 Å². The van der Waals surface area contributed by atoms with Crippen molar-refractivity contribution < 1.29 is 44.6 Å². The number of halogens is 2. The number of benzene rings is 6. The quantitative estimate of drug-likeness (QED) is 0.0859. The number of hydrogen-bond acceptors (Lipinski definition) is 10. The first-order chi connectivity index (χ1) is 32.5. The summed E-state index contributed by atoms with van der Waals surface area (Å²) in [6, 6.07) is 28.8. The number of nitrogens with one attached hydrogen (secondary N) is 2. The number of para-hydroxylation sites is 2. The maximum Gasteiger partial charge on any atom is 0.327 e. The molecule has 18 heteroatoms. The predicted molar refractivity (Wildman–Crippen MR) is 258 cm³/mol. The van der Waals surface area contributed by atoms with Crippen LogP contribution in [0.3, 0.4) is 0 Å². The average molecular weight is 967 g/mol. The molecule has 0 aliphatic carbocycles. The van der Waals surface area contributed by atoms with E-state index in [-0.39, 0.29) is 24.3 Å². The third-order valence-corrected chi connectivity index (χ3v) is 13.5. The maximum atomic E-state index is 16.0. The second kappa shape index (κ2) is 19.2. The summed E-state index contributed by atoms with van der Waals surface area (Å²) in [5.41, 5.74) is 3.20. The van der Waals surface area contributed by atoms with E-state index in [4.69, 9.17) is 18.9 Å². The van der Waals surface area contributed by atoms with Crippen molar-refractivity contribution in [2.24, 2.45) is 0 Å². The van der Waals surface area contributed by atoms with Crippen molar-refractivity contribution in [3.8, 4) is 45.3 Å². The number of ether oxygens (including phenoxy) is 4. The zero-order valence-corrected chi connectivity index (χ0v) is 39.3. The number of aromatic nitrogens is 4. The number of methoxy groups -OCH3 is 2. The molecule has 0 spiro atoms. The Bertz CT molecular complexity index is 3550. The molecular weight excluding hydrogens is 919 g/mol. The lowest BCUT2D eigenvalue weighted by atomic mass is 10.0. The van der Waals surface area contributed by atoms with E-state index >= 15 is 4.39 Å². The Morgan fingerprint density at radius 3 is 1.60 bits per heavy atom. The average Bonchev–Trinajstić information content (AvgIpc) is 3.82. The van der Waals surface area contributed by atoms with Gasteiger partial charge in [0.1, 0.15) is 31.3 Å². The van der Waals surface area contributed by atoms with Crippen molar-refractivity contribution in [2.45, 2.75) is 25.4 Å². The van der Waals surface area contributed by atoms with Gasteiger partial charge in [-0.15, -0.1) is 0 Å². The minimum atomic E-state index is -3.70. The van der Waals surface area contributed by atoms with E-state index in [9.17, 15) is 30.8 Å². The topological polar surface area (TPSA) is 181 Å². The van der Waals surface area contributed by atoms with Crippen molar-refractivity contribution in [1.82, 2.24) is 19.1 Å². The first-order valence-electron chi connectivity index (χ1n) is 21.5. The Kier molecular flexibility index (Phi) is 13.4. The highest BCUT2D eigenvalue weighted by Crippen LogP contribution is 2.37. The Morgan fingerprint density at radius 1 is 0.574 bits per heavy atom. The van der Waals surface area contributed by atoms with Gasteiger partial charge in [-0.2, -0.15) is 0 Å². The molecule has 0 aliphatic rings. The summed E-state index contributed by atoms with van der Waals surface area (Å²) < 4.78 is 108. The molecule has 0 bridgehead atoms. The second-order valence-corrected chi connectivity index (χ2v) is 20.7. The van der Waals surface area contributed by atoms with Crippen LogP contribution in [0.1, 0.15) is 35.7 Å². The minimum absolute atomic E-state index is 0.0320. The summed E-state index contributed by atoms with van der Waals surface area (Å²) in [6.45, 7) is 2.10. The zero-order chi connectivity index (χ0) is 48.5. The third-order valence-electron chi connectivity index (χ3n) is 11.7. The molecule has 0 radical (unpaired) electrons. The molecule has 0 saturated heterocycles. The largest absolute Gasteiger partial charge is 0.493 e. The number of rotatable bonds is 18. The summed E-state index contributed by atoms with van der Waals surface area (Å²) in [5.74, 6) is -0.522. The van der Waals surface area contributed by atoms with Crippen LogP contribution in [0, 0.1) is 11.6 Å². The SMILES string of the molecule is CCOc1cc([C@@H](CS(C)(=O)=O)n2c(=O)[nH]c3c(-c4ccc(CCOc5cc([C@@H](CS(C)(=O)=O)n6c(=O)[nH]c7c(-c8ccccc8F)cccc76)ccc5OC)c(F)c4)cccc32)ccc1OC.